The molecule has 24 heavy (non-hydrogen) atoms. The number of imide groups is 1. The van der Waals surface area contributed by atoms with Crippen molar-refractivity contribution in [2.45, 2.75) is 19.4 Å². The predicted octanol–water partition coefficient (Wildman–Crippen LogP) is 2.62. The summed E-state index contributed by atoms with van der Waals surface area (Å²) in [4.78, 5) is 29.4. The van der Waals surface area contributed by atoms with Crippen molar-refractivity contribution in [3.8, 4) is 0 Å². The van der Waals surface area contributed by atoms with Gasteiger partial charge in [-0.3, -0.25) is 19.5 Å². The number of hydrogen-bond donors (Lipinski definition) is 0. The molecule has 2 heterocycles. The smallest absolute Gasteiger partial charge is 0.233 e. The molecule has 1 atom stereocenters. The number of pyridine rings is 1. The minimum absolute atomic E-state index is 0.0856. The van der Waals surface area contributed by atoms with Gasteiger partial charge in [-0.1, -0.05) is 12.1 Å². The summed E-state index contributed by atoms with van der Waals surface area (Å²) in [6.07, 6.45) is 2.88. The van der Waals surface area contributed by atoms with Crippen LogP contribution in [0.4, 0.5) is 13.2 Å². The van der Waals surface area contributed by atoms with Crippen LogP contribution in [0.3, 0.4) is 0 Å². The summed E-state index contributed by atoms with van der Waals surface area (Å²) in [6.45, 7) is 0.0856. The van der Waals surface area contributed by atoms with Gasteiger partial charge in [0.15, 0.2) is 17.5 Å². The average molecular weight is 334 g/mol. The number of amides is 2. The molecule has 1 aromatic carbocycles. The van der Waals surface area contributed by atoms with Gasteiger partial charge in [0.2, 0.25) is 11.8 Å². The number of rotatable bonds is 4. The second kappa shape index (κ2) is 6.43. The molecule has 124 valence electrons. The van der Waals surface area contributed by atoms with Crippen molar-refractivity contribution in [1.29, 1.82) is 0 Å². The van der Waals surface area contributed by atoms with E-state index in [1.165, 1.54) is 0 Å². The number of benzene rings is 1. The number of likely N-dealkylation sites (tertiary alicyclic amines) is 1. The molecule has 1 saturated heterocycles. The van der Waals surface area contributed by atoms with E-state index in [9.17, 15) is 22.8 Å². The minimum Gasteiger partial charge on any atom is -0.278 e. The molecule has 1 aliphatic rings. The highest BCUT2D eigenvalue weighted by Crippen LogP contribution is 2.27. The maximum absolute atomic E-state index is 13.8. The molecule has 2 amide bonds. The fourth-order valence-electron chi connectivity index (χ4n) is 2.74. The highest BCUT2D eigenvalue weighted by atomic mass is 19.2. The molecule has 0 N–H and O–H groups in total. The Morgan fingerprint density at radius 1 is 1.12 bits per heavy atom. The fraction of sp³-hybridized carbons (Fsp3) is 0.235. The van der Waals surface area contributed by atoms with Gasteiger partial charge in [0.05, 0.1) is 12.5 Å². The van der Waals surface area contributed by atoms with E-state index in [2.05, 4.69) is 4.98 Å². The topological polar surface area (TPSA) is 50.3 Å². The first-order valence-corrected chi connectivity index (χ1v) is 7.33. The molecule has 0 saturated carbocycles. The number of nitrogens with zero attached hydrogens (tertiary/aromatic N) is 2. The van der Waals surface area contributed by atoms with Crippen LogP contribution in [-0.2, 0) is 22.6 Å². The first-order valence-electron chi connectivity index (χ1n) is 7.33. The highest BCUT2D eigenvalue weighted by Gasteiger charge is 2.38. The maximum atomic E-state index is 13.8. The molecular formula is C17H13F3N2O2. The molecule has 0 radical (unpaired) electrons. The third-order valence-corrected chi connectivity index (χ3v) is 3.98. The van der Waals surface area contributed by atoms with E-state index >= 15 is 0 Å². The molecule has 4 nitrogen and oxygen atoms in total. The Kier molecular flexibility index (Phi) is 4.33. The van der Waals surface area contributed by atoms with Crippen LogP contribution >= 0.6 is 0 Å². The van der Waals surface area contributed by atoms with Gasteiger partial charge in [0, 0.05) is 18.8 Å². The third-order valence-electron chi connectivity index (χ3n) is 3.98. The Labute approximate surface area is 135 Å². The van der Waals surface area contributed by atoms with E-state index < -0.39 is 29.3 Å². The van der Waals surface area contributed by atoms with Crippen molar-refractivity contribution in [3.05, 3.63) is 65.2 Å². The number of carbonyl (C=O) groups is 2. The largest absolute Gasteiger partial charge is 0.278 e. The Morgan fingerprint density at radius 3 is 2.62 bits per heavy atom. The van der Waals surface area contributed by atoms with Gasteiger partial charge in [-0.2, -0.15) is 0 Å². The van der Waals surface area contributed by atoms with Crippen LogP contribution in [0, 0.1) is 23.4 Å². The van der Waals surface area contributed by atoms with Gasteiger partial charge in [-0.05, 0) is 29.7 Å². The first-order chi connectivity index (χ1) is 11.5. The van der Waals surface area contributed by atoms with E-state index in [1.54, 1.807) is 24.5 Å². The van der Waals surface area contributed by atoms with Crippen molar-refractivity contribution in [3.63, 3.8) is 0 Å². The zero-order chi connectivity index (χ0) is 17.3. The molecule has 0 bridgehead atoms. The average Bonchev–Trinajstić information content (AvgIpc) is 2.84. The van der Waals surface area contributed by atoms with Gasteiger partial charge in [-0.25, -0.2) is 13.2 Å². The van der Waals surface area contributed by atoms with Gasteiger partial charge in [-0.15, -0.1) is 0 Å². The Morgan fingerprint density at radius 2 is 1.92 bits per heavy atom. The van der Waals surface area contributed by atoms with Crippen molar-refractivity contribution >= 4 is 11.8 Å². The van der Waals surface area contributed by atoms with Crippen LogP contribution in [0.5, 0.6) is 0 Å². The molecule has 0 spiro atoms. The zero-order valence-corrected chi connectivity index (χ0v) is 12.5. The highest BCUT2D eigenvalue weighted by molar-refractivity contribution is 6.03. The SMILES string of the molecule is O=C1CC(Cc2ccc(F)c(F)c2F)C(=O)N1Cc1cccnc1. The second-order valence-corrected chi connectivity index (χ2v) is 5.62. The summed E-state index contributed by atoms with van der Waals surface area (Å²) in [5.41, 5.74) is 0.571. The molecule has 1 fully saturated rings. The summed E-state index contributed by atoms with van der Waals surface area (Å²) in [7, 11) is 0. The molecule has 1 aromatic heterocycles. The summed E-state index contributed by atoms with van der Waals surface area (Å²) in [6, 6.07) is 5.32. The van der Waals surface area contributed by atoms with Crippen LogP contribution in [-0.4, -0.2) is 21.7 Å². The Bertz CT molecular complexity index is 796. The van der Waals surface area contributed by atoms with Crippen molar-refractivity contribution in [2.24, 2.45) is 5.92 Å². The van der Waals surface area contributed by atoms with Gasteiger partial charge in [0.25, 0.3) is 0 Å². The number of carbonyl (C=O) groups excluding carboxylic acids is 2. The van der Waals surface area contributed by atoms with E-state index in [0.717, 1.165) is 17.0 Å². The van der Waals surface area contributed by atoms with Crippen molar-refractivity contribution in [2.75, 3.05) is 0 Å². The maximum Gasteiger partial charge on any atom is 0.233 e. The van der Waals surface area contributed by atoms with Crippen LogP contribution in [0.25, 0.3) is 0 Å². The molecule has 1 aliphatic heterocycles. The number of aromatic nitrogens is 1. The van der Waals surface area contributed by atoms with Crippen molar-refractivity contribution in [1.82, 2.24) is 9.88 Å². The normalized spacial score (nSPS) is 17.6. The zero-order valence-electron chi connectivity index (χ0n) is 12.5. The third kappa shape index (κ3) is 3.02. The molecule has 3 rings (SSSR count). The van der Waals surface area contributed by atoms with Gasteiger partial charge < -0.3 is 0 Å². The summed E-state index contributed by atoms with van der Waals surface area (Å²) >= 11 is 0. The fourth-order valence-corrected chi connectivity index (χ4v) is 2.74. The number of hydrogen-bond acceptors (Lipinski definition) is 3. The molecular weight excluding hydrogens is 321 g/mol. The molecule has 7 heteroatoms. The molecule has 2 aromatic rings. The molecule has 0 aliphatic carbocycles. The Balaban J connectivity index is 1.76. The standard InChI is InChI=1S/C17H13F3N2O2/c18-13-4-3-11(15(19)16(13)20)6-12-7-14(23)22(17(12)24)9-10-2-1-5-21-8-10/h1-5,8,12H,6-7,9H2. The second-order valence-electron chi connectivity index (χ2n) is 5.62. The lowest BCUT2D eigenvalue weighted by atomic mass is 9.97. The van der Waals surface area contributed by atoms with Crippen molar-refractivity contribution < 1.29 is 22.8 Å². The van der Waals surface area contributed by atoms with Crippen LogP contribution < -0.4 is 0 Å². The van der Waals surface area contributed by atoms with Gasteiger partial charge in [0.1, 0.15) is 0 Å². The van der Waals surface area contributed by atoms with E-state index in [4.69, 9.17) is 0 Å². The predicted molar refractivity (Wildman–Crippen MR) is 77.9 cm³/mol. The summed E-state index contributed by atoms with van der Waals surface area (Å²) in [5.74, 6) is -5.79. The molecule has 1 unspecified atom stereocenters. The lowest BCUT2D eigenvalue weighted by Crippen LogP contribution is -2.30. The van der Waals surface area contributed by atoms with E-state index in [-0.39, 0.29) is 30.9 Å². The van der Waals surface area contributed by atoms with E-state index in [1.807, 2.05) is 0 Å². The van der Waals surface area contributed by atoms with Gasteiger partial charge >= 0.3 is 0 Å². The van der Waals surface area contributed by atoms with Crippen LogP contribution in [0.2, 0.25) is 0 Å². The van der Waals surface area contributed by atoms with E-state index in [0.29, 0.717) is 5.56 Å². The first kappa shape index (κ1) is 16.2. The monoisotopic (exact) mass is 334 g/mol. The minimum atomic E-state index is -1.57. The lowest BCUT2D eigenvalue weighted by molar-refractivity contribution is -0.140. The number of halogens is 3. The lowest BCUT2D eigenvalue weighted by Gasteiger charge is -2.15. The Hall–Kier alpha value is -2.70. The summed E-state index contributed by atoms with van der Waals surface area (Å²) < 4.78 is 40.0. The van der Waals surface area contributed by atoms with Crippen LogP contribution in [0.15, 0.2) is 36.7 Å². The van der Waals surface area contributed by atoms with Crippen LogP contribution in [0.1, 0.15) is 17.5 Å². The quantitative estimate of drug-likeness (QED) is 0.638. The summed E-state index contributed by atoms with van der Waals surface area (Å²) in [5, 5.41) is 0.